The number of carboxylic acid groups (broad SMARTS) is 1. The van der Waals surface area contributed by atoms with Gasteiger partial charge in [0.15, 0.2) is 0 Å². The molecule has 0 aliphatic carbocycles. The van der Waals surface area contributed by atoms with Crippen LogP contribution in [0.2, 0.25) is 0 Å². The molecule has 0 bridgehead atoms. The van der Waals surface area contributed by atoms with E-state index in [0.717, 1.165) is 0 Å². The summed E-state index contributed by atoms with van der Waals surface area (Å²) >= 11 is 0. The van der Waals surface area contributed by atoms with Crippen molar-refractivity contribution in [3.63, 3.8) is 0 Å². The molecule has 0 amide bonds. The fraction of sp³-hybridized carbons (Fsp3) is 0.300. The number of carbonyl (C=O) groups is 1. The van der Waals surface area contributed by atoms with E-state index >= 15 is 0 Å². The van der Waals surface area contributed by atoms with Crippen LogP contribution in [0.15, 0.2) is 24.3 Å². The lowest BCUT2D eigenvalue weighted by Gasteiger charge is -2.63. The van der Waals surface area contributed by atoms with E-state index in [1.165, 1.54) is 16.4 Å². The average Bonchev–Trinajstić information content (AvgIpc) is 2.58. The average molecular weight is 241 g/mol. The molecule has 1 aromatic rings. The van der Waals surface area contributed by atoms with Gasteiger partial charge in [0, 0.05) is 6.54 Å². The molecule has 88 valence electrons. The zero-order valence-electron chi connectivity index (χ0n) is 8.46. The Labute approximate surface area is 94.8 Å². The van der Waals surface area contributed by atoms with Crippen LogP contribution in [-0.2, 0) is 0 Å². The summed E-state index contributed by atoms with van der Waals surface area (Å²) in [7, 11) is -3.24. The standard InChI is InChI=1S/C10H13NO4S/c12-10(13)8-3-1-4-9(7-8)11-5-2-6-16(11,14)15/h1,3-4,7,14-15H,2,5-6H2,(H,12,13)/p-2. The van der Waals surface area contributed by atoms with E-state index < -0.39 is 16.7 Å². The normalized spacial score (nSPS) is 20.8. The molecule has 5 nitrogen and oxygen atoms in total. The molecule has 6 heteroatoms. The third-order valence-corrected chi connectivity index (χ3v) is 4.35. The van der Waals surface area contributed by atoms with Crippen LogP contribution in [0.4, 0.5) is 5.69 Å². The van der Waals surface area contributed by atoms with Crippen LogP contribution >= 0.6 is 10.8 Å². The Bertz CT molecular complexity index is 421. The molecular formula is C10H11NO4S-2. The number of hydrogen-bond donors (Lipinski definition) is 1. The fourth-order valence-electron chi connectivity index (χ4n) is 1.72. The Morgan fingerprint density at radius 3 is 2.75 bits per heavy atom. The maximum atomic E-state index is 11.6. The van der Waals surface area contributed by atoms with Crippen molar-refractivity contribution in [2.24, 2.45) is 0 Å². The molecule has 1 saturated heterocycles. The molecule has 0 spiro atoms. The highest BCUT2D eigenvalue weighted by atomic mass is 32.3. The van der Waals surface area contributed by atoms with Gasteiger partial charge in [-0.15, -0.1) is 0 Å². The lowest BCUT2D eigenvalue weighted by molar-refractivity contribution is 0.0697. The number of anilines is 1. The summed E-state index contributed by atoms with van der Waals surface area (Å²) in [6, 6.07) is 5.97. The van der Waals surface area contributed by atoms with Crippen LogP contribution in [0.3, 0.4) is 0 Å². The van der Waals surface area contributed by atoms with Gasteiger partial charge in [0.05, 0.1) is 11.3 Å². The maximum Gasteiger partial charge on any atom is 0.335 e. The molecule has 0 aromatic heterocycles. The molecule has 1 aliphatic rings. The Balaban J connectivity index is 2.34. The second-order valence-electron chi connectivity index (χ2n) is 3.60. The van der Waals surface area contributed by atoms with Gasteiger partial charge in [0.2, 0.25) is 0 Å². The number of carboxylic acids is 1. The van der Waals surface area contributed by atoms with Crippen molar-refractivity contribution >= 4 is 22.4 Å². The van der Waals surface area contributed by atoms with Crippen molar-refractivity contribution in [3.05, 3.63) is 29.8 Å². The van der Waals surface area contributed by atoms with Crippen molar-refractivity contribution in [3.8, 4) is 0 Å². The minimum atomic E-state index is -3.24. The quantitative estimate of drug-likeness (QED) is 0.849. The van der Waals surface area contributed by atoms with Gasteiger partial charge in [0.1, 0.15) is 0 Å². The van der Waals surface area contributed by atoms with Gasteiger partial charge in [-0.25, -0.2) is 4.79 Å². The number of nitrogens with zero attached hydrogens (tertiary/aromatic N) is 1. The summed E-state index contributed by atoms with van der Waals surface area (Å²) in [5, 5.41) is 8.81. The van der Waals surface area contributed by atoms with Crippen molar-refractivity contribution < 1.29 is 19.0 Å². The molecule has 16 heavy (non-hydrogen) atoms. The van der Waals surface area contributed by atoms with Gasteiger partial charge in [-0.2, -0.15) is 0 Å². The highest BCUT2D eigenvalue weighted by Crippen LogP contribution is 2.50. The first kappa shape index (κ1) is 11.3. The van der Waals surface area contributed by atoms with Crippen molar-refractivity contribution in [2.75, 3.05) is 16.6 Å². The van der Waals surface area contributed by atoms with E-state index in [0.29, 0.717) is 18.7 Å². The first-order valence-corrected chi connectivity index (χ1v) is 6.45. The fourth-order valence-corrected chi connectivity index (χ4v) is 3.28. The van der Waals surface area contributed by atoms with Crippen molar-refractivity contribution in [1.29, 1.82) is 0 Å². The predicted octanol–water partition coefficient (Wildman–Crippen LogP) is 1.58. The molecular weight excluding hydrogens is 230 g/mol. The third-order valence-electron chi connectivity index (χ3n) is 2.48. The van der Waals surface area contributed by atoms with Crippen LogP contribution in [0, 0.1) is 0 Å². The van der Waals surface area contributed by atoms with E-state index in [9.17, 15) is 13.9 Å². The number of benzene rings is 1. The summed E-state index contributed by atoms with van der Waals surface area (Å²) < 4.78 is 24.5. The van der Waals surface area contributed by atoms with Crippen LogP contribution in [0.1, 0.15) is 16.8 Å². The molecule has 1 N–H and O–H groups in total. The van der Waals surface area contributed by atoms with Crippen LogP contribution in [0.25, 0.3) is 0 Å². The minimum absolute atomic E-state index is 0.0969. The molecule has 1 fully saturated rings. The molecule has 0 atom stereocenters. The number of sulfonamides is 1. The van der Waals surface area contributed by atoms with Gasteiger partial charge in [-0.05, 0) is 30.4 Å². The zero-order valence-corrected chi connectivity index (χ0v) is 9.27. The SMILES string of the molecule is O=C(O)c1cccc(N2CCCS2([O-])[O-])c1. The molecule has 1 heterocycles. The smallest absolute Gasteiger partial charge is 0.335 e. The van der Waals surface area contributed by atoms with Gasteiger partial charge >= 0.3 is 5.97 Å². The molecule has 0 radical (unpaired) electrons. The van der Waals surface area contributed by atoms with Crippen molar-refractivity contribution in [2.45, 2.75) is 6.42 Å². The minimum Gasteiger partial charge on any atom is -0.783 e. The lowest BCUT2D eigenvalue weighted by atomic mass is 10.2. The van der Waals surface area contributed by atoms with Crippen molar-refractivity contribution in [1.82, 2.24) is 0 Å². The summed E-state index contributed by atoms with van der Waals surface area (Å²) in [5.41, 5.74) is 0.525. The Morgan fingerprint density at radius 2 is 2.19 bits per heavy atom. The highest BCUT2D eigenvalue weighted by molar-refractivity contribution is 8.25. The molecule has 1 aliphatic heterocycles. The van der Waals surface area contributed by atoms with Gasteiger partial charge in [-0.3, -0.25) is 0 Å². The maximum absolute atomic E-state index is 11.6. The third kappa shape index (κ3) is 1.99. The van der Waals surface area contributed by atoms with E-state index in [1.54, 1.807) is 12.1 Å². The number of hydrogen-bond acceptors (Lipinski definition) is 4. The van der Waals surface area contributed by atoms with Crippen LogP contribution < -0.4 is 4.31 Å². The topological polar surface area (TPSA) is 86.7 Å². The van der Waals surface area contributed by atoms with Gasteiger partial charge in [0.25, 0.3) is 0 Å². The van der Waals surface area contributed by atoms with E-state index in [2.05, 4.69) is 0 Å². The Kier molecular flexibility index (Phi) is 2.79. The zero-order chi connectivity index (χ0) is 11.8. The van der Waals surface area contributed by atoms with E-state index in [4.69, 9.17) is 5.11 Å². The van der Waals surface area contributed by atoms with Gasteiger partial charge in [-0.1, -0.05) is 6.07 Å². The summed E-state index contributed by atoms with van der Waals surface area (Å²) in [4.78, 5) is 10.8. The van der Waals surface area contributed by atoms with Crippen LogP contribution in [0.5, 0.6) is 0 Å². The summed E-state index contributed by atoms with van der Waals surface area (Å²) in [5.74, 6) is -0.928. The van der Waals surface area contributed by atoms with E-state index in [-0.39, 0.29) is 11.3 Å². The largest absolute Gasteiger partial charge is 0.783 e. The monoisotopic (exact) mass is 241 g/mol. The predicted molar refractivity (Wildman–Crippen MR) is 59.4 cm³/mol. The van der Waals surface area contributed by atoms with E-state index in [1.807, 2.05) is 0 Å². The van der Waals surface area contributed by atoms with Gasteiger partial charge < -0.3 is 29.3 Å². The Hall–Kier alpha value is -1.24. The first-order valence-electron chi connectivity index (χ1n) is 4.84. The molecule has 2 rings (SSSR count). The number of rotatable bonds is 2. The molecule has 0 saturated carbocycles. The molecule has 0 unspecified atom stereocenters. The second-order valence-corrected chi connectivity index (χ2v) is 5.61. The lowest BCUT2D eigenvalue weighted by Crippen LogP contribution is -2.22. The highest BCUT2D eigenvalue weighted by Gasteiger charge is 2.17. The second kappa shape index (κ2) is 3.97. The first-order chi connectivity index (χ1) is 7.50. The summed E-state index contributed by atoms with van der Waals surface area (Å²) in [6.45, 7) is 0.422. The number of aromatic carboxylic acids is 1. The molecule has 1 aromatic carbocycles. The van der Waals surface area contributed by atoms with Crippen LogP contribution in [-0.4, -0.2) is 32.5 Å². The Morgan fingerprint density at radius 1 is 1.44 bits per heavy atom. The summed E-state index contributed by atoms with van der Waals surface area (Å²) in [6.07, 6.45) is 0.583.